The summed E-state index contributed by atoms with van der Waals surface area (Å²) in [6.07, 6.45) is 3.41. The predicted octanol–water partition coefficient (Wildman–Crippen LogP) is 7.19. The van der Waals surface area contributed by atoms with Gasteiger partial charge in [-0.25, -0.2) is 4.67 Å². The fourth-order valence-electron chi connectivity index (χ4n) is 5.96. The van der Waals surface area contributed by atoms with Gasteiger partial charge in [-0.3, -0.25) is 4.57 Å². The molecule has 5 rings (SSSR count). The molecule has 0 amide bonds. The zero-order valence-electron chi connectivity index (χ0n) is 18.0. The molecule has 30 heavy (non-hydrogen) atoms. The zero-order valence-corrected chi connectivity index (χ0v) is 18.9. The van der Waals surface area contributed by atoms with Crippen LogP contribution in [0.2, 0.25) is 0 Å². The highest BCUT2D eigenvalue weighted by Gasteiger charge is 2.53. The van der Waals surface area contributed by atoms with Gasteiger partial charge < -0.3 is 4.74 Å². The van der Waals surface area contributed by atoms with E-state index in [1.165, 1.54) is 6.42 Å². The van der Waals surface area contributed by atoms with Crippen molar-refractivity contribution < 1.29 is 9.30 Å². The van der Waals surface area contributed by atoms with Gasteiger partial charge in [0.1, 0.15) is 11.5 Å². The van der Waals surface area contributed by atoms with E-state index in [1.807, 2.05) is 72.3 Å². The molecule has 0 aromatic heterocycles. The molecule has 0 N–H and O–H groups in total. The summed E-state index contributed by atoms with van der Waals surface area (Å²) < 4.78 is 23.2. The molecule has 0 spiro atoms. The average Bonchev–Trinajstić information content (AvgIpc) is 2.98. The van der Waals surface area contributed by atoms with Crippen molar-refractivity contribution in [1.29, 1.82) is 0 Å². The Bertz CT molecular complexity index is 997. The van der Waals surface area contributed by atoms with E-state index in [9.17, 15) is 4.57 Å². The number of ether oxygens (including phenoxy) is 1. The Morgan fingerprint density at radius 1 is 0.867 bits per heavy atom. The highest BCUT2D eigenvalue weighted by Crippen LogP contribution is 2.66. The lowest BCUT2D eigenvalue weighted by Gasteiger charge is -2.40. The first-order chi connectivity index (χ1) is 14.3. The second-order valence-electron chi connectivity index (χ2n) is 10.3. The standard InChI is InChI=1S/C26H30NO2P/c1-25(2)14-22-15-26(3,18-25)19-27(22)30(28)16-23(20-10-6-4-7-11-20)29-24(17-30)21-12-8-5-9-13-21/h4-13,16-17,22H,14-15,18-19H2,1-3H3/t22-,26+/m0/s1. The number of benzene rings is 2. The Hall–Kier alpha value is -2.09. The summed E-state index contributed by atoms with van der Waals surface area (Å²) >= 11 is 0. The summed E-state index contributed by atoms with van der Waals surface area (Å²) in [5, 5.41) is 0. The van der Waals surface area contributed by atoms with Gasteiger partial charge in [0.25, 0.3) is 0 Å². The van der Waals surface area contributed by atoms with Gasteiger partial charge in [0.05, 0.1) is 0 Å². The smallest absolute Gasteiger partial charge is 0.200 e. The number of hydrogen-bond acceptors (Lipinski definition) is 2. The van der Waals surface area contributed by atoms with Gasteiger partial charge in [-0.1, -0.05) is 81.4 Å². The van der Waals surface area contributed by atoms with Crippen molar-refractivity contribution in [2.24, 2.45) is 10.8 Å². The van der Waals surface area contributed by atoms with Crippen LogP contribution < -0.4 is 0 Å². The van der Waals surface area contributed by atoms with Crippen LogP contribution in [0.25, 0.3) is 11.5 Å². The largest absolute Gasteiger partial charge is 0.456 e. The highest BCUT2D eigenvalue weighted by atomic mass is 31.2. The fraction of sp³-hybridized carbons (Fsp3) is 0.385. The molecule has 1 aliphatic carbocycles. The molecule has 2 bridgehead atoms. The Morgan fingerprint density at radius 2 is 1.40 bits per heavy atom. The molecule has 2 aromatic carbocycles. The first-order valence-electron chi connectivity index (χ1n) is 10.9. The van der Waals surface area contributed by atoms with E-state index in [0.29, 0.717) is 17.6 Å². The van der Waals surface area contributed by atoms with Crippen LogP contribution in [0.4, 0.5) is 0 Å². The van der Waals surface area contributed by atoms with Crippen LogP contribution in [-0.2, 0) is 9.30 Å². The maximum atomic E-state index is 14.6. The van der Waals surface area contributed by atoms with Gasteiger partial charge >= 0.3 is 0 Å². The Kier molecular flexibility index (Phi) is 4.61. The lowest BCUT2D eigenvalue weighted by atomic mass is 9.65. The summed E-state index contributed by atoms with van der Waals surface area (Å²) in [4.78, 5) is 0. The van der Waals surface area contributed by atoms with E-state index in [1.54, 1.807) is 0 Å². The Balaban J connectivity index is 1.60. The van der Waals surface area contributed by atoms with Gasteiger partial charge in [-0.2, -0.15) is 0 Å². The van der Waals surface area contributed by atoms with Gasteiger partial charge in [0.15, 0.2) is 0 Å². The number of hydrogen-bond donors (Lipinski definition) is 0. The molecule has 2 fully saturated rings. The minimum absolute atomic E-state index is 0.226. The van der Waals surface area contributed by atoms with E-state index in [0.717, 1.165) is 30.5 Å². The van der Waals surface area contributed by atoms with Gasteiger partial charge in [0, 0.05) is 35.3 Å². The molecule has 2 atom stereocenters. The third-order valence-electron chi connectivity index (χ3n) is 6.73. The topological polar surface area (TPSA) is 29.5 Å². The molecule has 156 valence electrons. The quantitative estimate of drug-likeness (QED) is 0.493. The van der Waals surface area contributed by atoms with Crippen molar-refractivity contribution >= 4 is 18.8 Å². The molecular weight excluding hydrogens is 389 g/mol. The second-order valence-corrected chi connectivity index (χ2v) is 12.7. The number of fused-ring (bicyclic) bond motifs is 2. The minimum atomic E-state index is -2.89. The van der Waals surface area contributed by atoms with Crippen LogP contribution in [0.5, 0.6) is 0 Å². The lowest BCUT2D eigenvalue weighted by Crippen LogP contribution is -2.33. The van der Waals surface area contributed by atoms with Gasteiger partial charge in [-0.05, 0) is 30.1 Å². The van der Waals surface area contributed by atoms with Crippen LogP contribution in [0.1, 0.15) is 51.2 Å². The maximum absolute atomic E-state index is 14.6. The van der Waals surface area contributed by atoms with E-state index < -0.39 is 7.29 Å². The highest BCUT2D eigenvalue weighted by molar-refractivity contribution is 7.68. The zero-order chi connectivity index (χ0) is 21.0. The Labute approximate surface area is 179 Å². The molecule has 2 aliphatic heterocycles. The van der Waals surface area contributed by atoms with E-state index in [4.69, 9.17) is 4.74 Å². The first kappa shape index (κ1) is 19.8. The normalized spacial score (nSPS) is 29.6. The second kappa shape index (κ2) is 6.97. The summed E-state index contributed by atoms with van der Waals surface area (Å²) in [6, 6.07) is 20.4. The van der Waals surface area contributed by atoms with Crippen molar-refractivity contribution in [2.75, 3.05) is 6.54 Å². The minimum Gasteiger partial charge on any atom is -0.456 e. The van der Waals surface area contributed by atoms with Crippen molar-refractivity contribution in [3.8, 4) is 0 Å². The molecule has 0 unspecified atom stereocenters. The van der Waals surface area contributed by atoms with Crippen LogP contribution in [0, 0.1) is 10.8 Å². The van der Waals surface area contributed by atoms with Gasteiger partial charge in [0.2, 0.25) is 7.29 Å². The molecular formula is C26H30NO2P. The van der Waals surface area contributed by atoms with Crippen molar-refractivity contribution in [1.82, 2.24) is 4.67 Å². The SMILES string of the molecule is CC1(C)C[C@H]2C[C@@](C)(CN2P2(=O)C=C(c3ccccc3)OC(c3ccccc3)=C2)C1. The molecule has 2 aromatic rings. The van der Waals surface area contributed by atoms with E-state index in [-0.39, 0.29) is 10.8 Å². The summed E-state index contributed by atoms with van der Waals surface area (Å²) in [5.41, 5.74) is 2.44. The molecule has 1 saturated carbocycles. The summed E-state index contributed by atoms with van der Waals surface area (Å²) in [5.74, 6) is 5.22. The van der Waals surface area contributed by atoms with Crippen LogP contribution in [0.3, 0.4) is 0 Å². The molecule has 1 saturated heterocycles. The lowest BCUT2D eigenvalue weighted by molar-refractivity contribution is 0.133. The van der Waals surface area contributed by atoms with Crippen molar-refractivity contribution in [3.63, 3.8) is 0 Å². The van der Waals surface area contributed by atoms with Crippen LogP contribution in [0.15, 0.2) is 72.3 Å². The number of rotatable bonds is 3. The third-order valence-corrected chi connectivity index (χ3v) is 9.21. The van der Waals surface area contributed by atoms with Crippen LogP contribution >= 0.6 is 7.29 Å². The first-order valence-corrected chi connectivity index (χ1v) is 12.7. The molecule has 4 heteroatoms. The molecule has 0 radical (unpaired) electrons. The average molecular weight is 420 g/mol. The van der Waals surface area contributed by atoms with Crippen molar-refractivity contribution in [3.05, 3.63) is 83.4 Å². The maximum Gasteiger partial charge on any atom is 0.200 e. The molecule has 3 aliphatic rings. The molecule has 3 nitrogen and oxygen atoms in total. The van der Waals surface area contributed by atoms with E-state index >= 15 is 0 Å². The third kappa shape index (κ3) is 3.59. The van der Waals surface area contributed by atoms with Crippen molar-refractivity contribution in [2.45, 2.75) is 46.1 Å². The predicted molar refractivity (Wildman–Crippen MR) is 124 cm³/mol. The van der Waals surface area contributed by atoms with Gasteiger partial charge in [-0.15, -0.1) is 0 Å². The molecule has 2 heterocycles. The summed E-state index contributed by atoms with van der Waals surface area (Å²) in [7, 11) is -2.89. The number of nitrogens with zero attached hydrogens (tertiary/aromatic N) is 1. The Morgan fingerprint density at radius 3 is 1.93 bits per heavy atom. The summed E-state index contributed by atoms with van der Waals surface area (Å²) in [6.45, 7) is 7.97. The van der Waals surface area contributed by atoms with E-state index in [2.05, 4.69) is 25.4 Å². The van der Waals surface area contributed by atoms with Crippen LogP contribution in [-0.4, -0.2) is 17.3 Å². The monoisotopic (exact) mass is 419 g/mol. The fourth-order valence-corrected chi connectivity index (χ4v) is 8.64.